The van der Waals surface area contributed by atoms with E-state index in [0.717, 1.165) is 6.42 Å². The number of Topliss-reactive ketones (excluding diaryl/α,β-unsaturated/α-hetero) is 1. The zero-order valence-corrected chi connectivity index (χ0v) is 9.21. The van der Waals surface area contributed by atoms with Crippen LogP contribution in [0.3, 0.4) is 0 Å². The topological polar surface area (TPSA) is 26.3 Å². The molecule has 2 atom stereocenters. The van der Waals surface area contributed by atoms with Crippen molar-refractivity contribution in [3.8, 4) is 0 Å². The predicted octanol–water partition coefficient (Wildman–Crippen LogP) is 2.70. The van der Waals surface area contributed by atoms with Gasteiger partial charge in [-0.25, -0.2) is 0 Å². The first-order valence-electron chi connectivity index (χ1n) is 5.85. The molecule has 2 heteroatoms. The highest BCUT2D eigenvalue weighted by atomic mass is 16.5. The van der Waals surface area contributed by atoms with Crippen LogP contribution in [0.5, 0.6) is 0 Å². The fraction of sp³-hybridized carbons (Fsp3) is 0.917. The molecule has 0 aromatic carbocycles. The Balaban J connectivity index is 1.90. The molecule has 0 spiro atoms. The molecule has 2 saturated carbocycles. The van der Waals surface area contributed by atoms with Crippen LogP contribution in [0.1, 0.15) is 52.4 Å². The number of hydrogen-bond donors (Lipinski definition) is 0. The molecule has 2 aliphatic carbocycles. The Morgan fingerprint density at radius 2 is 2.07 bits per heavy atom. The molecular weight excluding hydrogens is 176 g/mol. The number of carbonyl (C=O) groups is 1. The average molecular weight is 196 g/mol. The van der Waals surface area contributed by atoms with Gasteiger partial charge in [-0.2, -0.15) is 0 Å². The van der Waals surface area contributed by atoms with Crippen molar-refractivity contribution in [2.45, 2.75) is 64.6 Å². The molecule has 0 radical (unpaired) electrons. The fourth-order valence-electron chi connectivity index (χ4n) is 2.56. The summed E-state index contributed by atoms with van der Waals surface area (Å²) in [5.41, 5.74) is -0.164. The summed E-state index contributed by atoms with van der Waals surface area (Å²) in [6.07, 6.45) is 7.23. The third-order valence-electron chi connectivity index (χ3n) is 4.11. The van der Waals surface area contributed by atoms with Gasteiger partial charge in [-0.1, -0.05) is 26.7 Å². The smallest absolute Gasteiger partial charge is 0.143 e. The van der Waals surface area contributed by atoms with E-state index in [1.54, 1.807) is 0 Å². The van der Waals surface area contributed by atoms with E-state index in [9.17, 15) is 4.79 Å². The van der Waals surface area contributed by atoms with Gasteiger partial charge >= 0.3 is 0 Å². The number of hydrogen-bond acceptors (Lipinski definition) is 2. The largest absolute Gasteiger partial charge is 0.374 e. The van der Waals surface area contributed by atoms with Crippen molar-refractivity contribution in [1.82, 2.24) is 0 Å². The third kappa shape index (κ3) is 1.50. The molecule has 0 aromatic rings. The van der Waals surface area contributed by atoms with Crippen molar-refractivity contribution in [2.24, 2.45) is 5.41 Å². The minimum absolute atomic E-state index is 0.164. The number of ketones is 1. The lowest BCUT2D eigenvalue weighted by Gasteiger charge is -2.45. The maximum atomic E-state index is 11.5. The molecule has 2 rings (SSSR count). The van der Waals surface area contributed by atoms with Gasteiger partial charge in [-0.15, -0.1) is 0 Å². The summed E-state index contributed by atoms with van der Waals surface area (Å²) in [6.45, 7) is 4.14. The van der Waals surface area contributed by atoms with Gasteiger partial charge in [0.15, 0.2) is 0 Å². The lowest BCUT2D eigenvalue weighted by atomic mass is 9.64. The Morgan fingerprint density at radius 1 is 1.43 bits per heavy atom. The van der Waals surface area contributed by atoms with E-state index in [1.165, 1.54) is 25.7 Å². The number of ether oxygens (including phenoxy) is 1. The third-order valence-corrected chi connectivity index (χ3v) is 4.11. The Morgan fingerprint density at radius 3 is 2.57 bits per heavy atom. The molecule has 0 amide bonds. The minimum atomic E-state index is -0.164. The highest BCUT2D eigenvalue weighted by Gasteiger charge is 2.51. The van der Waals surface area contributed by atoms with E-state index < -0.39 is 0 Å². The summed E-state index contributed by atoms with van der Waals surface area (Å²) in [7, 11) is 0. The Bertz CT molecular complexity index is 230. The van der Waals surface area contributed by atoms with Crippen LogP contribution in [-0.2, 0) is 9.53 Å². The van der Waals surface area contributed by atoms with Crippen molar-refractivity contribution in [1.29, 1.82) is 0 Å². The van der Waals surface area contributed by atoms with Crippen LogP contribution < -0.4 is 0 Å². The van der Waals surface area contributed by atoms with Gasteiger partial charge < -0.3 is 4.74 Å². The standard InChI is InChI=1S/C12H20O2/c1-3-12(2)10(13)8-11(12)14-9-6-4-5-7-9/h9,11H,3-8H2,1-2H3. The molecule has 80 valence electrons. The zero-order chi connectivity index (χ0) is 10.2. The monoisotopic (exact) mass is 196 g/mol. The molecule has 0 bridgehead atoms. The molecule has 2 fully saturated rings. The normalized spacial score (nSPS) is 38.7. The zero-order valence-electron chi connectivity index (χ0n) is 9.21. The maximum Gasteiger partial charge on any atom is 0.143 e. The Kier molecular flexibility index (Phi) is 2.65. The quantitative estimate of drug-likeness (QED) is 0.693. The molecule has 2 nitrogen and oxygen atoms in total. The molecule has 0 N–H and O–H groups in total. The summed E-state index contributed by atoms with van der Waals surface area (Å²) in [5, 5.41) is 0. The molecule has 0 aromatic heterocycles. The second kappa shape index (κ2) is 3.65. The van der Waals surface area contributed by atoms with Crippen molar-refractivity contribution >= 4 is 5.78 Å². The number of carbonyl (C=O) groups excluding carboxylic acids is 1. The lowest BCUT2D eigenvalue weighted by Crippen LogP contribution is -2.53. The van der Waals surface area contributed by atoms with Crippen LogP contribution in [0.2, 0.25) is 0 Å². The second-order valence-corrected chi connectivity index (χ2v) is 4.93. The van der Waals surface area contributed by atoms with Gasteiger partial charge in [0.05, 0.1) is 17.6 Å². The average Bonchev–Trinajstić information content (AvgIpc) is 2.69. The first-order valence-corrected chi connectivity index (χ1v) is 5.85. The van der Waals surface area contributed by atoms with Crippen LogP contribution >= 0.6 is 0 Å². The Hall–Kier alpha value is -0.370. The summed E-state index contributed by atoms with van der Waals surface area (Å²) in [6, 6.07) is 0. The first kappa shape index (κ1) is 10.2. The van der Waals surface area contributed by atoms with E-state index >= 15 is 0 Å². The molecular formula is C12H20O2. The predicted molar refractivity (Wildman–Crippen MR) is 55.2 cm³/mol. The summed E-state index contributed by atoms with van der Waals surface area (Å²) < 4.78 is 6.00. The van der Waals surface area contributed by atoms with E-state index in [-0.39, 0.29) is 11.5 Å². The van der Waals surface area contributed by atoms with E-state index in [2.05, 4.69) is 13.8 Å². The van der Waals surface area contributed by atoms with Crippen LogP contribution in [-0.4, -0.2) is 18.0 Å². The van der Waals surface area contributed by atoms with Gasteiger partial charge in [0.25, 0.3) is 0 Å². The second-order valence-electron chi connectivity index (χ2n) is 4.93. The molecule has 14 heavy (non-hydrogen) atoms. The minimum Gasteiger partial charge on any atom is -0.374 e. The Labute approximate surface area is 86.0 Å². The van der Waals surface area contributed by atoms with Gasteiger partial charge in [0, 0.05) is 6.42 Å². The maximum absolute atomic E-state index is 11.5. The summed E-state index contributed by atoms with van der Waals surface area (Å²) in [4.78, 5) is 11.5. The van der Waals surface area contributed by atoms with E-state index in [4.69, 9.17) is 4.74 Å². The van der Waals surface area contributed by atoms with Gasteiger partial charge in [0.1, 0.15) is 5.78 Å². The summed E-state index contributed by atoms with van der Waals surface area (Å²) >= 11 is 0. The van der Waals surface area contributed by atoms with Crippen LogP contribution in [0.4, 0.5) is 0 Å². The van der Waals surface area contributed by atoms with Crippen molar-refractivity contribution in [3.05, 3.63) is 0 Å². The van der Waals surface area contributed by atoms with Crippen LogP contribution in [0, 0.1) is 5.41 Å². The van der Waals surface area contributed by atoms with Gasteiger partial charge in [-0.05, 0) is 19.3 Å². The molecule has 0 heterocycles. The summed E-state index contributed by atoms with van der Waals surface area (Å²) in [5.74, 6) is 0.392. The van der Waals surface area contributed by atoms with Gasteiger partial charge in [0.2, 0.25) is 0 Å². The van der Waals surface area contributed by atoms with E-state index in [1.807, 2.05) is 0 Å². The van der Waals surface area contributed by atoms with Crippen molar-refractivity contribution in [3.63, 3.8) is 0 Å². The van der Waals surface area contributed by atoms with Crippen LogP contribution in [0.25, 0.3) is 0 Å². The SMILES string of the molecule is CCC1(C)C(=O)CC1OC1CCCC1. The fourth-order valence-corrected chi connectivity index (χ4v) is 2.56. The molecule has 2 aliphatic rings. The number of rotatable bonds is 3. The highest BCUT2D eigenvalue weighted by molar-refractivity contribution is 5.91. The molecule has 0 saturated heterocycles. The van der Waals surface area contributed by atoms with Crippen molar-refractivity contribution < 1.29 is 9.53 Å². The first-order chi connectivity index (χ1) is 6.66. The molecule has 2 unspecified atom stereocenters. The molecule has 0 aliphatic heterocycles. The van der Waals surface area contributed by atoms with Crippen LogP contribution in [0.15, 0.2) is 0 Å². The van der Waals surface area contributed by atoms with Crippen molar-refractivity contribution in [2.75, 3.05) is 0 Å². The lowest BCUT2D eigenvalue weighted by molar-refractivity contribution is -0.169. The van der Waals surface area contributed by atoms with Gasteiger partial charge in [-0.3, -0.25) is 4.79 Å². The highest BCUT2D eigenvalue weighted by Crippen LogP contribution is 2.43. The van der Waals surface area contributed by atoms with E-state index in [0.29, 0.717) is 18.3 Å².